The minimum atomic E-state index is -1.91. The Bertz CT molecular complexity index is 1440. The zero-order chi connectivity index (χ0) is 29.6. The quantitative estimate of drug-likeness (QED) is 0.156. The summed E-state index contributed by atoms with van der Waals surface area (Å²) in [5.74, 6) is -2.21. The van der Waals surface area contributed by atoms with E-state index in [1.54, 1.807) is 0 Å². The van der Waals surface area contributed by atoms with E-state index in [1.807, 2.05) is 0 Å². The van der Waals surface area contributed by atoms with E-state index < -0.39 is 84.6 Å². The largest absolute Gasteiger partial charge is 0.508 e. The topological polar surface area (TPSA) is 249 Å². The van der Waals surface area contributed by atoms with Crippen LogP contribution >= 0.6 is 0 Å². The second-order valence-corrected chi connectivity index (χ2v) is 9.68. The Morgan fingerprint density at radius 3 is 2.22 bits per heavy atom. The van der Waals surface area contributed by atoms with Crippen LogP contribution in [-0.4, -0.2) is 114 Å². The van der Waals surface area contributed by atoms with Crippen LogP contribution in [0.3, 0.4) is 0 Å². The molecule has 2 aliphatic rings. The number of aliphatic hydroxyl groups excluding tert-OH is 6. The fourth-order valence-electron chi connectivity index (χ4n) is 4.54. The molecule has 15 nitrogen and oxygen atoms in total. The number of hydrogen-bond donors (Lipinski definition) is 9. The lowest BCUT2D eigenvalue weighted by molar-refractivity contribution is -0.307. The minimum Gasteiger partial charge on any atom is -0.508 e. The molecule has 9 N–H and O–H groups in total. The van der Waals surface area contributed by atoms with Crippen molar-refractivity contribution in [1.82, 2.24) is 0 Å². The van der Waals surface area contributed by atoms with Gasteiger partial charge in [-0.1, -0.05) is 0 Å². The van der Waals surface area contributed by atoms with Gasteiger partial charge in [-0.05, 0) is 24.3 Å². The number of ether oxygens (including phenoxy) is 4. The number of rotatable bonds is 6. The molecular formula is C26H28O15. The maximum absolute atomic E-state index is 12.9. The zero-order valence-corrected chi connectivity index (χ0v) is 21.0. The second kappa shape index (κ2) is 11.4. The molecule has 2 aliphatic heterocycles. The molecule has 0 aliphatic carbocycles. The van der Waals surface area contributed by atoms with E-state index in [9.17, 15) is 50.8 Å². The number of phenolic OH excluding ortho intramolecular Hbond substituents is 3. The number of aromatic hydroxyl groups is 3. The summed E-state index contributed by atoms with van der Waals surface area (Å²) in [4.78, 5) is 12.9. The van der Waals surface area contributed by atoms with Gasteiger partial charge in [-0.25, -0.2) is 0 Å². The van der Waals surface area contributed by atoms with Crippen LogP contribution in [0.25, 0.3) is 22.3 Å². The number of phenols is 3. The van der Waals surface area contributed by atoms with Crippen LogP contribution in [0, 0.1) is 0 Å². The number of fused-ring (bicyclic) bond motifs is 1. The Labute approximate surface area is 230 Å². The Balaban J connectivity index is 1.37. The summed E-state index contributed by atoms with van der Waals surface area (Å²) in [6.45, 7) is -0.913. The highest BCUT2D eigenvalue weighted by atomic mass is 16.7. The van der Waals surface area contributed by atoms with Gasteiger partial charge in [-0.2, -0.15) is 0 Å². The van der Waals surface area contributed by atoms with Crippen molar-refractivity contribution < 1.29 is 69.3 Å². The van der Waals surface area contributed by atoms with Crippen LogP contribution < -0.4 is 10.2 Å². The van der Waals surface area contributed by atoms with Gasteiger partial charge in [0.25, 0.3) is 0 Å². The van der Waals surface area contributed by atoms with Crippen LogP contribution in [0.2, 0.25) is 0 Å². The van der Waals surface area contributed by atoms with Gasteiger partial charge in [-0.15, -0.1) is 0 Å². The first kappa shape index (κ1) is 29.0. The predicted octanol–water partition coefficient (Wildman–Crippen LogP) is -1.78. The molecule has 2 saturated heterocycles. The Morgan fingerprint density at radius 2 is 1.51 bits per heavy atom. The van der Waals surface area contributed by atoms with Gasteiger partial charge in [0.15, 0.2) is 23.2 Å². The molecule has 2 aromatic carbocycles. The molecule has 3 heterocycles. The summed E-state index contributed by atoms with van der Waals surface area (Å²) in [6, 6.07) is 7.80. The molecule has 41 heavy (non-hydrogen) atoms. The molecule has 0 radical (unpaired) electrons. The molecule has 15 heteroatoms. The first-order valence-electron chi connectivity index (χ1n) is 12.4. The molecule has 0 unspecified atom stereocenters. The summed E-state index contributed by atoms with van der Waals surface area (Å²) in [7, 11) is 0. The van der Waals surface area contributed by atoms with Crippen molar-refractivity contribution in [2.75, 3.05) is 13.2 Å². The lowest BCUT2D eigenvalue weighted by Gasteiger charge is -2.41. The smallest absolute Gasteiger partial charge is 0.229 e. The third-order valence-electron chi connectivity index (χ3n) is 6.86. The Morgan fingerprint density at radius 1 is 0.829 bits per heavy atom. The molecule has 0 bridgehead atoms. The second-order valence-electron chi connectivity index (χ2n) is 9.68. The molecule has 2 fully saturated rings. The lowest BCUT2D eigenvalue weighted by atomic mass is 9.99. The van der Waals surface area contributed by atoms with Gasteiger partial charge < -0.3 is 69.3 Å². The normalized spacial score (nSPS) is 32.2. The van der Waals surface area contributed by atoms with Crippen molar-refractivity contribution in [2.24, 2.45) is 0 Å². The molecular weight excluding hydrogens is 552 g/mol. The average Bonchev–Trinajstić information content (AvgIpc) is 2.94. The first-order valence-corrected chi connectivity index (χ1v) is 12.4. The van der Waals surface area contributed by atoms with E-state index in [4.69, 9.17) is 23.4 Å². The van der Waals surface area contributed by atoms with Crippen molar-refractivity contribution in [1.29, 1.82) is 0 Å². The highest BCUT2D eigenvalue weighted by Crippen LogP contribution is 2.43. The molecule has 5 rings (SSSR count). The maximum Gasteiger partial charge on any atom is 0.229 e. The van der Waals surface area contributed by atoms with Crippen molar-refractivity contribution in [3.63, 3.8) is 0 Å². The van der Waals surface area contributed by atoms with E-state index in [0.29, 0.717) is 5.56 Å². The van der Waals surface area contributed by atoms with Crippen LogP contribution in [0.5, 0.6) is 23.0 Å². The van der Waals surface area contributed by atoms with Gasteiger partial charge in [-0.3, -0.25) is 4.79 Å². The van der Waals surface area contributed by atoms with E-state index in [2.05, 4.69) is 0 Å². The van der Waals surface area contributed by atoms with Crippen LogP contribution in [-0.2, 0) is 14.2 Å². The van der Waals surface area contributed by atoms with Gasteiger partial charge in [0.1, 0.15) is 65.2 Å². The number of hydrogen-bond acceptors (Lipinski definition) is 15. The Kier molecular flexibility index (Phi) is 8.06. The SMILES string of the molecule is O=c1cc(-c2ccc(O)cc2)oc2cc(O)c(O[C@@H]3O[C@H](CO[C@@H]4OC[C@@H](O)[C@H](O)[C@H]4O)[C@@H](O)[C@H](O)[C@H]3O)c(O)c12. The lowest BCUT2D eigenvalue weighted by Crippen LogP contribution is -2.61. The van der Waals surface area contributed by atoms with Crippen molar-refractivity contribution in [3.8, 4) is 34.3 Å². The summed E-state index contributed by atoms with van der Waals surface area (Å²) < 4.78 is 27.1. The Hall–Kier alpha value is -3.51. The van der Waals surface area contributed by atoms with Gasteiger partial charge in [0.05, 0.1) is 13.2 Å². The molecule has 0 amide bonds. The molecule has 0 saturated carbocycles. The highest BCUT2D eigenvalue weighted by molar-refractivity contribution is 5.89. The minimum absolute atomic E-state index is 0.00827. The third kappa shape index (κ3) is 5.54. The van der Waals surface area contributed by atoms with Gasteiger partial charge >= 0.3 is 0 Å². The molecule has 9 atom stereocenters. The van der Waals surface area contributed by atoms with Crippen LogP contribution in [0.15, 0.2) is 45.6 Å². The van der Waals surface area contributed by atoms with Gasteiger partial charge in [0.2, 0.25) is 12.0 Å². The maximum atomic E-state index is 12.9. The molecule has 3 aromatic rings. The van der Waals surface area contributed by atoms with Crippen molar-refractivity contribution in [2.45, 2.75) is 55.3 Å². The van der Waals surface area contributed by atoms with Crippen molar-refractivity contribution >= 4 is 11.0 Å². The van der Waals surface area contributed by atoms with Crippen LogP contribution in [0.4, 0.5) is 0 Å². The van der Waals surface area contributed by atoms with E-state index in [0.717, 1.165) is 12.1 Å². The van der Waals surface area contributed by atoms with Gasteiger partial charge in [0, 0.05) is 17.7 Å². The fourth-order valence-corrected chi connectivity index (χ4v) is 4.54. The standard InChI is InChI=1S/C26H28O15/c27-10-3-1-9(2-4-10)14-5-11(28)17-15(39-14)6-12(29)24(20(17)33)41-26-23(36)21(34)19(32)16(40-26)8-38-25-22(35)18(31)13(30)7-37-25/h1-6,13,16,18-19,21-23,25-27,29-36H,7-8H2/t13-,16-,18+,19-,21+,22-,23-,25+,26+/m1/s1. The van der Waals surface area contributed by atoms with Crippen molar-refractivity contribution in [3.05, 3.63) is 46.6 Å². The summed E-state index contributed by atoms with van der Waals surface area (Å²) >= 11 is 0. The summed E-state index contributed by atoms with van der Waals surface area (Å²) in [6.07, 6.45) is -14.7. The summed E-state index contributed by atoms with van der Waals surface area (Å²) in [5.41, 5.74) is -0.507. The molecule has 1 aromatic heterocycles. The highest BCUT2D eigenvalue weighted by Gasteiger charge is 2.47. The van der Waals surface area contributed by atoms with Crippen LogP contribution in [0.1, 0.15) is 0 Å². The molecule has 0 spiro atoms. The number of aliphatic hydroxyl groups is 6. The zero-order valence-electron chi connectivity index (χ0n) is 21.0. The van der Waals surface area contributed by atoms with E-state index in [1.165, 1.54) is 24.3 Å². The average molecular weight is 580 g/mol. The first-order chi connectivity index (χ1) is 19.5. The predicted molar refractivity (Wildman–Crippen MR) is 134 cm³/mol. The van der Waals surface area contributed by atoms with E-state index >= 15 is 0 Å². The summed E-state index contributed by atoms with van der Waals surface area (Å²) in [5, 5.41) is 91.1. The monoisotopic (exact) mass is 580 g/mol. The number of benzene rings is 2. The third-order valence-corrected chi connectivity index (χ3v) is 6.86. The van der Waals surface area contributed by atoms with E-state index in [-0.39, 0.29) is 29.1 Å². The fraction of sp³-hybridized carbons (Fsp3) is 0.423. The molecule has 222 valence electrons.